The number of carbonyl (C=O) groups is 1. The summed E-state index contributed by atoms with van der Waals surface area (Å²) < 4.78 is 1.76. The van der Waals surface area contributed by atoms with E-state index in [0.29, 0.717) is 18.9 Å². The molecule has 1 rings (SSSR count). The summed E-state index contributed by atoms with van der Waals surface area (Å²) in [5.41, 5.74) is 7.65. The van der Waals surface area contributed by atoms with Crippen molar-refractivity contribution in [3.8, 4) is 0 Å². The molecular weight excluding hydrogens is 384 g/mol. The van der Waals surface area contributed by atoms with Crippen LogP contribution in [0.3, 0.4) is 0 Å². The summed E-state index contributed by atoms with van der Waals surface area (Å²) in [7, 11) is 0. The Bertz CT molecular complexity index is 452. The van der Waals surface area contributed by atoms with Crippen LogP contribution in [0.1, 0.15) is 32.3 Å². The first kappa shape index (κ1) is 17.7. The lowest BCUT2D eigenvalue weighted by Crippen LogP contribution is -2.23. The minimum absolute atomic E-state index is 0.00588. The standard InChI is InChI=1S/C15H22Br2N2O/c1-9(2)4-11(8-18)7-14(20)19-15-12(16)5-10(3)6-13(15)17/h5-6,9,11H,4,7-8,18H2,1-3H3,(H,19,20). The number of hydrogen-bond donors (Lipinski definition) is 2. The highest BCUT2D eigenvalue weighted by atomic mass is 79.9. The Kier molecular flexibility index (Phi) is 7.20. The Morgan fingerprint density at radius 2 is 1.85 bits per heavy atom. The molecule has 0 aliphatic heterocycles. The molecule has 0 spiro atoms. The van der Waals surface area contributed by atoms with E-state index in [9.17, 15) is 4.79 Å². The highest BCUT2D eigenvalue weighted by Gasteiger charge is 2.16. The molecule has 112 valence electrons. The van der Waals surface area contributed by atoms with Crippen molar-refractivity contribution in [3.05, 3.63) is 26.6 Å². The van der Waals surface area contributed by atoms with Crippen molar-refractivity contribution in [1.82, 2.24) is 0 Å². The van der Waals surface area contributed by atoms with Gasteiger partial charge in [-0.15, -0.1) is 0 Å². The van der Waals surface area contributed by atoms with Gasteiger partial charge in [-0.05, 0) is 81.3 Å². The zero-order chi connectivity index (χ0) is 15.3. The lowest BCUT2D eigenvalue weighted by atomic mass is 9.94. The fourth-order valence-corrected chi connectivity index (χ4v) is 3.82. The number of hydrogen-bond acceptors (Lipinski definition) is 2. The van der Waals surface area contributed by atoms with Crippen molar-refractivity contribution in [3.63, 3.8) is 0 Å². The van der Waals surface area contributed by atoms with Gasteiger partial charge in [-0.2, -0.15) is 0 Å². The summed E-state index contributed by atoms with van der Waals surface area (Å²) in [5, 5.41) is 2.96. The molecule has 0 aromatic heterocycles. The molecule has 3 nitrogen and oxygen atoms in total. The first-order valence-electron chi connectivity index (χ1n) is 6.79. The molecule has 0 radical (unpaired) electrons. The molecule has 1 unspecified atom stereocenters. The summed E-state index contributed by atoms with van der Waals surface area (Å²) >= 11 is 6.96. The zero-order valence-electron chi connectivity index (χ0n) is 12.2. The predicted octanol–water partition coefficient (Wildman–Crippen LogP) is 4.47. The Hall–Kier alpha value is -0.390. The molecule has 0 bridgehead atoms. The van der Waals surface area contributed by atoms with Gasteiger partial charge in [0.1, 0.15) is 0 Å². The number of aryl methyl sites for hydroxylation is 1. The number of rotatable bonds is 6. The molecule has 0 saturated carbocycles. The Morgan fingerprint density at radius 3 is 2.30 bits per heavy atom. The number of anilines is 1. The Labute approximate surface area is 138 Å². The molecule has 0 saturated heterocycles. The predicted molar refractivity (Wildman–Crippen MR) is 91.8 cm³/mol. The van der Waals surface area contributed by atoms with Gasteiger partial charge in [-0.1, -0.05) is 13.8 Å². The van der Waals surface area contributed by atoms with Gasteiger partial charge in [0.2, 0.25) is 5.91 Å². The summed E-state index contributed by atoms with van der Waals surface area (Å²) in [5.74, 6) is 0.790. The number of nitrogens with two attached hydrogens (primary N) is 1. The second kappa shape index (κ2) is 8.15. The summed E-state index contributed by atoms with van der Waals surface area (Å²) in [6.45, 7) is 6.84. The van der Waals surface area contributed by atoms with Crippen LogP contribution >= 0.6 is 31.9 Å². The maximum Gasteiger partial charge on any atom is 0.224 e. The van der Waals surface area contributed by atoms with Crippen LogP contribution in [0.15, 0.2) is 21.1 Å². The highest BCUT2D eigenvalue weighted by Crippen LogP contribution is 2.32. The molecule has 5 heteroatoms. The first-order chi connectivity index (χ1) is 9.33. The first-order valence-corrected chi connectivity index (χ1v) is 8.37. The fraction of sp³-hybridized carbons (Fsp3) is 0.533. The molecule has 1 aromatic carbocycles. The topological polar surface area (TPSA) is 55.1 Å². The van der Waals surface area contributed by atoms with E-state index in [1.54, 1.807) is 0 Å². The summed E-state index contributed by atoms with van der Waals surface area (Å²) in [4.78, 5) is 12.1. The molecule has 1 atom stereocenters. The molecule has 0 aliphatic rings. The third kappa shape index (κ3) is 5.54. The number of carbonyl (C=O) groups excluding carboxylic acids is 1. The van der Waals surface area contributed by atoms with Crippen LogP contribution in [-0.2, 0) is 4.79 Å². The van der Waals surface area contributed by atoms with Gasteiger partial charge < -0.3 is 11.1 Å². The van der Waals surface area contributed by atoms with Crippen LogP contribution in [0.4, 0.5) is 5.69 Å². The molecule has 20 heavy (non-hydrogen) atoms. The summed E-state index contributed by atoms with van der Waals surface area (Å²) in [6.07, 6.45) is 1.43. The lowest BCUT2D eigenvalue weighted by molar-refractivity contribution is -0.117. The van der Waals surface area contributed by atoms with E-state index in [-0.39, 0.29) is 11.8 Å². The minimum atomic E-state index is 0.00588. The highest BCUT2D eigenvalue weighted by molar-refractivity contribution is 9.11. The smallest absolute Gasteiger partial charge is 0.224 e. The molecule has 0 aliphatic carbocycles. The number of benzene rings is 1. The van der Waals surface area contributed by atoms with E-state index in [0.717, 1.165) is 26.6 Å². The summed E-state index contributed by atoms with van der Waals surface area (Å²) in [6, 6.07) is 3.96. The van der Waals surface area contributed by atoms with Crippen molar-refractivity contribution in [1.29, 1.82) is 0 Å². The quantitative estimate of drug-likeness (QED) is 0.733. The number of amides is 1. The van der Waals surface area contributed by atoms with Crippen LogP contribution in [0.2, 0.25) is 0 Å². The van der Waals surface area contributed by atoms with Gasteiger partial charge in [0.25, 0.3) is 0 Å². The molecule has 0 fully saturated rings. The van der Waals surface area contributed by atoms with Crippen LogP contribution < -0.4 is 11.1 Å². The second-order valence-corrected chi connectivity index (χ2v) is 7.30. The minimum Gasteiger partial charge on any atom is -0.330 e. The van der Waals surface area contributed by atoms with Crippen molar-refractivity contribution in [2.45, 2.75) is 33.6 Å². The SMILES string of the molecule is Cc1cc(Br)c(NC(=O)CC(CN)CC(C)C)c(Br)c1. The van der Waals surface area contributed by atoms with Crippen molar-refractivity contribution < 1.29 is 4.79 Å². The molecule has 1 aromatic rings. The van der Waals surface area contributed by atoms with Crippen molar-refractivity contribution >= 4 is 43.5 Å². The van der Waals surface area contributed by atoms with E-state index in [2.05, 4.69) is 51.0 Å². The van der Waals surface area contributed by atoms with Crippen molar-refractivity contribution in [2.24, 2.45) is 17.6 Å². The average molecular weight is 406 g/mol. The van der Waals surface area contributed by atoms with E-state index < -0.39 is 0 Å². The Morgan fingerprint density at radius 1 is 1.30 bits per heavy atom. The van der Waals surface area contributed by atoms with E-state index >= 15 is 0 Å². The largest absolute Gasteiger partial charge is 0.330 e. The monoisotopic (exact) mass is 404 g/mol. The lowest BCUT2D eigenvalue weighted by Gasteiger charge is -2.17. The number of halogens is 2. The van der Waals surface area contributed by atoms with Crippen LogP contribution in [0, 0.1) is 18.8 Å². The normalized spacial score (nSPS) is 12.6. The third-order valence-electron chi connectivity index (χ3n) is 3.06. The molecule has 0 heterocycles. The maximum atomic E-state index is 12.1. The Balaban J connectivity index is 2.71. The molecule has 3 N–H and O–H groups in total. The van der Waals surface area contributed by atoms with Gasteiger partial charge in [0, 0.05) is 15.4 Å². The maximum absolute atomic E-state index is 12.1. The van der Waals surface area contributed by atoms with Gasteiger partial charge in [0.15, 0.2) is 0 Å². The van der Waals surface area contributed by atoms with Crippen LogP contribution in [0.5, 0.6) is 0 Å². The van der Waals surface area contributed by atoms with Gasteiger partial charge in [-0.25, -0.2) is 0 Å². The van der Waals surface area contributed by atoms with Crippen LogP contribution in [-0.4, -0.2) is 12.5 Å². The van der Waals surface area contributed by atoms with Gasteiger partial charge in [-0.3, -0.25) is 4.79 Å². The second-order valence-electron chi connectivity index (χ2n) is 5.59. The van der Waals surface area contributed by atoms with Gasteiger partial charge >= 0.3 is 0 Å². The number of nitrogens with one attached hydrogen (secondary N) is 1. The molecular formula is C15H22Br2N2O. The van der Waals surface area contributed by atoms with Crippen LogP contribution in [0.25, 0.3) is 0 Å². The van der Waals surface area contributed by atoms with Crippen molar-refractivity contribution in [2.75, 3.05) is 11.9 Å². The van der Waals surface area contributed by atoms with E-state index in [1.165, 1.54) is 0 Å². The fourth-order valence-electron chi connectivity index (χ4n) is 2.20. The third-order valence-corrected chi connectivity index (χ3v) is 4.31. The molecule has 1 amide bonds. The van der Waals surface area contributed by atoms with E-state index in [4.69, 9.17) is 5.73 Å². The van der Waals surface area contributed by atoms with Gasteiger partial charge in [0.05, 0.1) is 5.69 Å². The zero-order valence-corrected chi connectivity index (χ0v) is 15.3. The van der Waals surface area contributed by atoms with E-state index in [1.807, 2.05) is 19.1 Å². The average Bonchev–Trinajstić information content (AvgIpc) is 2.32.